The maximum atomic E-state index is 12.7. The van der Waals surface area contributed by atoms with Crippen LogP contribution in [-0.2, 0) is 16.5 Å². The number of hydrogen-bond donors (Lipinski definition) is 1. The molecule has 0 saturated carbocycles. The first kappa shape index (κ1) is 22.3. The molecule has 0 spiro atoms. The van der Waals surface area contributed by atoms with Crippen LogP contribution in [0.2, 0.25) is 0 Å². The molecule has 0 radical (unpaired) electrons. The zero-order valence-corrected chi connectivity index (χ0v) is 12.7. The third-order valence-corrected chi connectivity index (χ3v) is 3.11. The van der Waals surface area contributed by atoms with Gasteiger partial charge in [0.05, 0.1) is 6.04 Å². The maximum absolute atomic E-state index is 12.7. The minimum absolute atomic E-state index is 0. The molecular formula is C11H19F6NNiO. The Morgan fingerprint density at radius 1 is 0.750 bits per heavy atom. The Hall–Kier alpha value is -0.00649. The Morgan fingerprint density at radius 2 is 1.00 bits per heavy atom. The molecule has 20 heavy (non-hydrogen) atoms. The number of hydrogen-bond acceptors (Lipinski definition) is 2. The third-order valence-electron chi connectivity index (χ3n) is 3.11. The number of halogens is 6. The first-order valence-electron chi connectivity index (χ1n) is 5.81. The minimum atomic E-state index is -5.80. The van der Waals surface area contributed by atoms with Gasteiger partial charge in [0.25, 0.3) is 5.60 Å². The number of alkyl halides is 6. The zero-order valence-electron chi connectivity index (χ0n) is 11.7. The molecule has 0 aliphatic rings. The summed E-state index contributed by atoms with van der Waals surface area (Å²) in [6.45, 7) is 6.64. The fourth-order valence-corrected chi connectivity index (χ4v) is 2.34. The average molecular weight is 354 g/mol. The van der Waals surface area contributed by atoms with Crippen molar-refractivity contribution in [3.8, 4) is 0 Å². The Bertz CT molecular complexity index is 280. The van der Waals surface area contributed by atoms with E-state index in [0.29, 0.717) is 0 Å². The second kappa shape index (κ2) is 6.84. The SMILES string of the molecule is CC(C)N(C(C)C)C(C)C(O)(C(F)(F)F)C(F)(F)F.[Ni]. The first-order chi connectivity index (χ1) is 8.18. The molecule has 1 unspecified atom stereocenters. The fraction of sp³-hybridized carbons (Fsp3) is 1.00. The van der Waals surface area contributed by atoms with Crippen molar-refractivity contribution in [1.29, 1.82) is 0 Å². The van der Waals surface area contributed by atoms with Crippen LogP contribution in [0.4, 0.5) is 26.3 Å². The van der Waals surface area contributed by atoms with Crippen molar-refractivity contribution in [1.82, 2.24) is 4.90 Å². The average Bonchev–Trinajstić information content (AvgIpc) is 2.11. The van der Waals surface area contributed by atoms with Gasteiger partial charge in [-0.05, 0) is 34.6 Å². The van der Waals surface area contributed by atoms with E-state index in [1.165, 1.54) is 27.7 Å². The van der Waals surface area contributed by atoms with Crippen LogP contribution < -0.4 is 0 Å². The van der Waals surface area contributed by atoms with Gasteiger partial charge in [-0.2, -0.15) is 26.3 Å². The minimum Gasteiger partial charge on any atom is -0.372 e. The van der Waals surface area contributed by atoms with Crippen molar-refractivity contribution >= 4 is 0 Å². The van der Waals surface area contributed by atoms with Gasteiger partial charge >= 0.3 is 12.4 Å². The van der Waals surface area contributed by atoms with Gasteiger partial charge in [0, 0.05) is 28.6 Å². The van der Waals surface area contributed by atoms with Crippen LogP contribution in [0.1, 0.15) is 34.6 Å². The van der Waals surface area contributed by atoms with Gasteiger partial charge in [0.2, 0.25) is 0 Å². The summed E-state index contributed by atoms with van der Waals surface area (Å²) >= 11 is 0. The summed E-state index contributed by atoms with van der Waals surface area (Å²) in [5.41, 5.74) is -4.76. The summed E-state index contributed by atoms with van der Waals surface area (Å²) in [5, 5.41) is 9.33. The molecule has 0 aromatic rings. The monoisotopic (exact) mass is 353 g/mol. The maximum Gasteiger partial charge on any atom is 0.427 e. The van der Waals surface area contributed by atoms with Crippen molar-refractivity contribution in [2.24, 2.45) is 0 Å². The van der Waals surface area contributed by atoms with Crippen molar-refractivity contribution < 1.29 is 47.9 Å². The van der Waals surface area contributed by atoms with Crippen LogP contribution in [0.5, 0.6) is 0 Å². The Morgan fingerprint density at radius 3 is 1.15 bits per heavy atom. The van der Waals surface area contributed by atoms with E-state index >= 15 is 0 Å². The second-order valence-electron chi connectivity index (χ2n) is 5.07. The van der Waals surface area contributed by atoms with Gasteiger partial charge in [-0.1, -0.05) is 0 Å². The molecule has 1 atom stereocenters. The van der Waals surface area contributed by atoms with E-state index in [1.54, 1.807) is 0 Å². The van der Waals surface area contributed by atoms with Gasteiger partial charge in [-0.15, -0.1) is 0 Å². The molecule has 0 aliphatic carbocycles. The molecule has 0 fully saturated rings. The van der Waals surface area contributed by atoms with Crippen molar-refractivity contribution in [3.05, 3.63) is 0 Å². The van der Waals surface area contributed by atoms with Crippen LogP contribution in [-0.4, -0.2) is 46.1 Å². The number of nitrogens with zero attached hydrogens (tertiary/aromatic N) is 1. The largest absolute Gasteiger partial charge is 0.427 e. The van der Waals surface area contributed by atoms with Crippen LogP contribution in [0.25, 0.3) is 0 Å². The molecule has 0 bridgehead atoms. The molecule has 0 saturated heterocycles. The van der Waals surface area contributed by atoms with Crippen LogP contribution in [0.3, 0.4) is 0 Å². The van der Waals surface area contributed by atoms with Gasteiger partial charge in [-0.3, -0.25) is 4.90 Å². The van der Waals surface area contributed by atoms with E-state index in [-0.39, 0.29) is 16.5 Å². The van der Waals surface area contributed by atoms with E-state index < -0.39 is 36.1 Å². The van der Waals surface area contributed by atoms with Gasteiger partial charge in [-0.25, -0.2) is 0 Å². The zero-order chi connectivity index (χ0) is 15.8. The summed E-state index contributed by atoms with van der Waals surface area (Å²) in [6.07, 6.45) is -11.6. The summed E-state index contributed by atoms with van der Waals surface area (Å²) in [6, 6.07) is -3.30. The van der Waals surface area contributed by atoms with Gasteiger partial charge in [0.1, 0.15) is 0 Å². The summed E-state index contributed by atoms with van der Waals surface area (Å²) in [7, 11) is 0. The Kier molecular flexibility index (Phi) is 7.61. The number of aliphatic hydroxyl groups is 1. The summed E-state index contributed by atoms with van der Waals surface area (Å²) < 4.78 is 76.4. The predicted molar refractivity (Wildman–Crippen MR) is 58.6 cm³/mol. The normalized spacial score (nSPS) is 15.8. The molecule has 0 aromatic heterocycles. The molecule has 126 valence electrons. The van der Waals surface area contributed by atoms with Crippen molar-refractivity contribution in [2.75, 3.05) is 0 Å². The van der Waals surface area contributed by atoms with Gasteiger partial charge in [0.15, 0.2) is 0 Å². The first-order valence-corrected chi connectivity index (χ1v) is 5.81. The second-order valence-corrected chi connectivity index (χ2v) is 5.07. The van der Waals surface area contributed by atoms with E-state index in [4.69, 9.17) is 0 Å². The summed E-state index contributed by atoms with van der Waals surface area (Å²) in [4.78, 5) is 0.987. The molecule has 9 heteroatoms. The van der Waals surface area contributed by atoms with E-state index in [1.807, 2.05) is 0 Å². The van der Waals surface area contributed by atoms with E-state index in [2.05, 4.69) is 0 Å². The fourth-order valence-electron chi connectivity index (χ4n) is 2.34. The van der Waals surface area contributed by atoms with Crippen LogP contribution in [0.15, 0.2) is 0 Å². The standard InChI is InChI=1S/C11H19F6NO.Ni/c1-6(2)18(7(3)4)8(5)9(19,10(12,13)14)11(15,16)17;/h6-8,19H,1-5H3;. The summed E-state index contributed by atoms with van der Waals surface area (Å²) in [5.74, 6) is 0. The molecule has 0 amide bonds. The molecule has 0 heterocycles. The third kappa shape index (κ3) is 4.01. The van der Waals surface area contributed by atoms with E-state index in [9.17, 15) is 31.4 Å². The smallest absolute Gasteiger partial charge is 0.372 e. The Balaban J connectivity index is 0. The van der Waals surface area contributed by atoms with Crippen LogP contribution >= 0.6 is 0 Å². The molecule has 2 nitrogen and oxygen atoms in total. The van der Waals surface area contributed by atoms with E-state index in [0.717, 1.165) is 11.8 Å². The quantitative estimate of drug-likeness (QED) is 0.619. The number of rotatable bonds is 4. The van der Waals surface area contributed by atoms with Gasteiger partial charge < -0.3 is 5.11 Å². The Labute approximate surface area is 124 Å². The molecule has 0 rings (SSSR count). The van der Waals surface area contributed by atoms with Crippen LogP contribution in [0, 0.1) is 0 Å². The molecule has 1 N–H and O–H groups in total. The molecule has 0 aromatic carbocycles. The predicted octanol–water partition coefficient (Wildman–Crippen LogP) is 3.35. The van der Waals surface area contributed by atoms with Crippen molar-refractivity contribution in [2.45, 2.75) is 70.7 Å². The molecular weight excluding hydrogens is 335 g/mol. The topological polar surface area (TPSA) is 23.5 Å². The van der Waals surface area contributed by atoms with Crippen molar-refractivity contribution in [3.63, 3.8) is 0 Å². The molecule has 0 aliphatic heterocycles.